The molecule has 0 unspecified atom stereocenters. The minimum Gasteiger partial charge on any atom is -0.469 e. The van der Waals surface area contributed by atoms with Gasteiger partial charge < -0.3 is 4.74 Å². The average molecular weight is 240 g/mol. The second-order valence-corrected chi connectivity index (χ2v) is 5.20. The molecule has 0 aromatic carbocycles. The molecule has 5 heteroatoms. The van der Waals surface area contributed by atoms with Gasteiger partial charge in [-0.3, -0.25) is 4.79 Å². The normalized spacial score (nSPS) is 25.4. The number of carbonyl (C=O) groups excluding carboxylic acids is 1. The van der Waals surface area contributed by atoms with Gasteiger partial charge in [0.15, 0.2) is 0 Å². The zero-order valence-corrected chi connectivity index (χ0v) is 10.4. The second kappa shape index (κ2) is 4.91. The van der Waals surface area contributed by atoms with Crippen LogP contribution in [0, 0.1) is 12.8 Å². The first-order valence-corrected chi connectivity index (χ1v) is 6.36. The van der Waals surface area contributed by atoms with Gasteiger partial charge in [0.1, 0.15) is 10.8 Å². The SMILES string of the molecule is COC(=O)[C@H]1CC[C@H](c2nsc(C)n2)CC1. The summed E-state index contributed by atoms with van der Waals surface area (Å²) < 4.78 is 9.11. The lowest BCUT2D eigenvalue weighted by atomic mass is 9.82. The Morgan fingerprint density at radius 1 is 1.38 bits per heavy atom. The Hall–Kier alpha value is -0.970. The summed E-state index contributed by atoms with van der Waals surface area (Å²) in [6.07, 6.45) is 3.79. The summed E-state index contributed by atoms with van der Waals surface area (Å²) in [7, 11) is 1.46. The van der Waals surface area contributed by atoms with E-state index in [-0.39, 0.29) is 11.9 Å². The van der Waals surface area contributed by atoms with Crippen LogP contribution in [0.1, 0.15) is 42.4 Å². The molecule has 1 heterocycles. The Morgan fingerprint density at radius 3 is 2.56 bits per heavy atom. The van der Waals surface area contributed by atoms with Crippen LogP contribution in [0.15, 0.2) is 0 Å². The number of esters is 1. The fourth-order valence-electron chi connectivity index (χ4n) is 2.23. The predicted molar refractivity (Wildman–Crippen MR) is 61.4 cm³/mol. The monoisotopic (exact) mass is 240 g/mol. The van der Waals surface area contributed by atoms with Crippen molar-refractivity contribution in [2.75, 3.05) is 7.11 Å². The molecule has 2 rings (SSSR count). The maximum atomic E-state index is 11.4. The second-order valence-electron chi connectivity index (χ2n) is 4.24. The zero-order chi connectivity index (χ0) is 11.5. The standard InChI is InChI=1S/C11H16N2O2S/c1-7-12-10(13-16-7)8-3-5-9(6-4-8)11(14)15-2/h8-9H,3-6H2,1-2H3/t8-,9-. The molecule has 4 nitrogen and oxygen atoms in total. The number of carbonyl (C=O) groups is 1. The molecule has 0 spiro atoms. The quantitative estimate of drug-likeness (QED) is 0.744. The van der Waals surface area contributed by atoms with Crippen molar-refractivity contribution in [1.29, 1.82) is 0 Å². The molecule has 0 amide bonds. The minimum absolute atomic E-state index is 0.0686. The summed E-state index contributed by atoms with van der Waals surface area (Å²) in [4.78, 5) is 15.8. The van der Waals surface area contributed by atoms with Crippen LogP contribution >= 0.6 is 11.5 Å². The molecule has 0 saturated heterocycles. The van der Waals surface area contributed by atoms with Crippen molar-refractivity contribution in [3.8, 4) is 0 Å². The van der Waals surface area contributed by atoms with E-state index >= 15 is 0 Å². The molecule has 0 aliphatic heterocycles. The summed E-state index contributed by atoms with van der Waals surface area (Å²) in [5.41, 5.74) is 0. The first kappa shape index (κ1) is 11.5. The minimum atomic E-state index is -0.0686. The van der Waals surface area contributed by atoms with Crippen LogP contribution in [-0.4, -0.2) is 22.4 Å². The van der Waals surface area contributed by atoms with Crippen molar-refractivity contribution in [3.05, 3.63) is 10.8 Å². The van der Waals surface area contributed by atoms with E-state index in [1.165, 1.54) is 18.6 Å². The third-order valence-corrected chi connectivity index (χ3v) is 3.80. The zero-order valence-electron chi connectivity index (χ0n) is 9.60. The van der Waals surface area contributed by atoms with Gasteiger partial charge in [-0.15, -0.1) is 0 Å². The van der Waals surface area contributed by atoms with E-state index in [1.54, 1.807) is 0 Å². The molecular formula is C11H16N2O2S. The average Bonchev–Trinajstić information content (AvgIpc) is 2.75. The first-order valence-electron chi connectivity index (χ1n) is 5.58. The Kier molecular flexibility index (Phi) is 3.53. The highest BCUT2D eigenvalue weighted by atomic mass is 32.1. The van der Waals surface area contributed by atoms with E-state index in [1.807, 2.05) is 6.92 Å². The molecule has 88 valence electrons. The van der Waals surface area contributed by atoms with Crippen LogP contribution in [0.3, 0.4) is 0 Å². The highest BCUT2D eigenvalue weighted by Gasteiger charge is 2.29. The van der Waals surface area contributed by atoms with E-state index < -0.39 is 0 Å². The number of hydrogen-bond acceptors (Lipinski definition) is 5. The van der Waals surface area contributed by atoms with Gasteiger partial charge in [0.05, 0.1) is 13.0 Å². The number of aryl methyl sites for hydroxylation is 1. The number of hydrogen-bond donors (Lipinski definition) is 0. The van der Waals surface area contributed by atoms with Crippen LogP contribution in [0.5, 0.6) is 0 Å². The number of methoxy groups -OCH3 is 1. The van der Waals surface area contributed by atoms with Crippen LogP contribution in [-0.2, 0) is 9.53 Å². The topological polar surface area (TPSA) is 52.1 Å². The van der Waals surface area contributed by atoms with Crippen molar-refractivity contribution < 1.29 is 9.53 Å². The highest BCUT2D eigenvalue weighted by molar-refractivity contribution is 7.05. The molecule has 1 fully saturated rings. The van der Waals surface area contributed by atoms with Crippen molar-refractivity contribution in [3.63, 3.8) is 0 Å². The van der Waals surface area contributed by atoms with Gasteiger partial charge in [-0.05, 0) is 44.1 Å². The third kappa shape index (κ3) is 2.40. The third-order valence-electron chi connectivity index (χ3n) is 3.17. The van der Waals surface area contributed by atoms with Gasteiger partial charge in [-0.25, -0.2) is 4.98 Å². The van der Waals surface area contributed by atoms with Gasteiger partial charge in [0, 0.05) is 5.92 Å². The molecule has 0 radical (unpaired) electrons. The molecule has 1 aromatic heterocycles. The van der Waals surface area contributed by atoms with Crippen LogP contribution < -0.4 is 0 Å². The molecule has 0 N–H and O–H groups in total. The molecular weight excluding hydrogens is 224 g/mol. The van der Waals surface area contributed by atoms with E-state index in [9.17, 15) is 4.79 Å². The van der Waals surface area contributed by atoms with E-state index in [0.717, 1.165) is 36.5 Å². The van der Waals surface area contributed by atoms with E-state index in [2.05, 4.69) is 9.36 Å². The molecule has 0 atom stereocenters. The van der Waals surface area contributed by atoms with Gasteiger partial charge >= 0.3 is 5.97 Å². The lowest BCUT2D eigenvalue weighted by molar-refractivity contribution is -0.146. The van der Waals surface area contributed by atoms with Crippen LogP contribution in [0.25, 0.3) is 0 Å². The van der Waals surface area contributed by atoms with E-state index in [4.69, 9.17) is 4.74 Å². The fourth-order valence-corrected chi connectivity index (χ4v) is 2.78. The maximum Gasteiger partial charge on any atom is 0.308 e. The van der Waals surface area contributed by atoms with Crippen molar-refractivity contribution in [2.24, 2.45) is 5.92 Å². The van der Waals surface area contributed by atoms with Crippen molar-refractivity contribution in [1.82, 2.24) is 9.36 Å². The number of nitrogens with zero attached hydrogens (tertiary/aromatic N) is 2. The fraction of sp³-hybridized carbons (Fsp3) is 0.727. The number of rotatable bonds is 2. The maximum absolute atomic E-state index is 11.4. The molecule has 16 heavy (non-hydrogen) atoms. The van der Waals surface area contributed by atoms with Gasteiger partial charge in [0.2, 0.25) is 0 Å². The Morgan fingerprint density at radius 2 is 2.06 bits per heavy atom. The number of ether oxygens (including phenoxy) is 1. The van der Waals surface area contributed by atoms with Crippen molar-refractivity contribution >= 4 is 17.5 Å². The van der Waals surface area contributed by atoms with E-state index in [0.29, 0.717) is 5.92 Å². The van der Waals surface area contributed by atoms with Crippen molar-refractivity contribution in [2.45, 2.75) is 38.5 Å². The molecule has 1 aromatic rings. The highest BCUT2D eigenvalue weighted by Crippen LogP contribution is 2.35. The molecule has 1 saturated carbocycles. The Labute approximate surface area is 99.2 Å². The van der Waals surface area contributed by atoms with Gasteiger partial charge in [-0.1, -0.05) is 0 Å². The smallest absolute Gasteiger partial charge is 0.308 e. The Balaban J connectivity index is 1.92. The largest absolute Gasteiger partial charge is 0.469 e. The summed E-state index contributed by atoms with van der Waals surface area (Å²) in [5, 5.41) is 1.02. The Bertz CT molecular complexity index is 370. The summed E-state index contributed by atoms with van der Waals surface area (Å²) in [6, 6.07) is 0. The summed E-state index contributed by atoms with van der Waals surface area (Å²) >= 11 is 1.46. The van der Waals surface area contributed by atoms with Crippen LogP contribution in [0.2, 0.25) is 0 Å². The molecule has 0 bridgehead atoms. The lowest BCUT2D eigenvalue weighted by Gasteiger charge is -2.24. The summed E-state index contributed by atoms with van der Waals surface area (Å²) in [5.74, 6) is 1.42. The molecule has 1 aliphatic carbocycles. The summed E-state index contributed by atoms with van der Waals surface area (Å²) in [6.45, 7) is 1.97. The first-order chi connectivity index (χ1) is 7.70. The van der Waals surface area contributed by atoms with Gasteiger partial charge in [0.25, 0.3) is 0 Å². The predicted octanol–water partition coefficient (Wildman–Crippen LogP) is 2.29. The number of aromatic nitrogens is 2. The van der Waals surface area contributed by atoms with Gasteiger partial charge in [-0.2, -0.15) is 4.37 Å². The van der Waals surface area contributed by atoms with Crippen LogP contribution in [0.4, 0.5) is 0 Å². The lowest BCUT2D eigenvalue weighted by Crippen LogP contribution is -2.22. The molecule has 1 aliphatic rings.